The predicted octanol–water partition coefficient (Wildman–Crippen LogP) is 0.738. The predicted molar refractivity (Wildman–Crippen MR) is 92.6 cm³/mol. The third kappa shape index (κ3) is 3.41. The molecule has 2 atom stereocenters. The van der Waals surface area contributed by atoms with E-state index in [0.717, 1.165) is 19.4 Å². The second-order valence-corrected chi connectivity index (χ2v) is 7.03. The van der Waals surface area contributed by atoms with Crippen LogP contribution in [0.25, 0.3) is 0 Å². The van der Waals surface area contributed by atoms with Crippen molar-refractivity contribution in [1.82, 2.24) is 15.2 Å². The Morgan fingerprint density at radius 2 is 2.31 bits per heavy atom. The second kappa shape index (κ2) is 7.03. The standard InChI is InChI=1S/C18H22N4O4/c23-16(20-11-13-4-3-9-25-13)15-10-18(26-21-15)6-8-22(12-18)17(24)14-5-1-2-7-19-14/h1-2,5,7,13H,3-4,6,8-12H2,(H,20,23)/t13-,18+/m1/s1. The molecule has 4 rings (SSSR count). The van der Waals surface area contributed by atoms with E-state index in [1.54, 1.807) is 29.3 Å². The molecule has 0 unspecified atom stereocenters. The summed E-state index contributed by atoms with van der Waals surface area (Å²) in [6, 6.07) is 5.26. The Morgan fingerprint density at radius 1 is 1.38 bits per heavy atom. The lowest BCUT2D eigenvalue weighted by Crippen LogP contribution is -2.40. The molecule has 0 aliphatic carbocycles. The zero-order chi connectivity index (χ0) is 18.0. The van der Waals surface area contributed by atoms with Crippen LogP contribution in [0, 0.1) is 0 Å². The van der Waals surface area contributed by atoms with Gasteiger partial charge in [0, 0.05) is 38.7 Å². The minimum atomic E-state index is -0.596. The van der Waals surface area contributed by atoms with Crippen LogP contribution < -0.4 is 5.32 Å². The maximum atomic E-state index is 12.5. The van der Waals surface area contributed by atoms with Crippen molar-refractivity contribution < 1.29 is 19.2 Å². The van der Waals surface area contributed by atoms with Crippen molar-refractivity contribution in [3.63, 3.8) is 0 Å². The first-order valence-corrected chi connectivity index (χ1v) is 9.00. The van der Waals surface area contributed by atoms with Crippen molar-refractivity contribution in [2.45, 2.75) is 37.4 Å². The molecule has 2 amide bonds. The molecule has 2 saturated heterocycles. The molecule has 1 aromatic heterocycles. The number of pyridine rings is 1. The van der Waals surface area contributed by atoms with E-state index in [9.17, 15) is 9.59 Å². The second-order valence-electron chi connectivity index (χ2n) is 7.03. The molecular formula is C18H22N4O4. The van der Waals surface area contributed by atoms with E-state index in [1.807, 2.05) is 0 Å². The molecule has 0 aromatic carbocycles. The largest absolute Gasteiger partial charge is 0.386 e. The Labute approximate surface area is 151 Å². The molecule has 1 aromatic rings. The van der Waals surface area contributed by atoms with Crippen LogP contribution in [-0.2, 0) is 14.4 Å². The Morgan fingerprint density at radius 3 is 3.08 bits per heavy atom. The zero-order valence-corrected chi connectivity index (χ0v) is 14.5. The van der Waals surface area contributed by atoms with Gasteiger partial charge in [0.1, 0.15) is 11.4 Å². The number of rotatable bonds is 4. The van der Waals surface area contributed by atoms with Crippen LogP contribution in [0.15, 0.2) is 29.6 Å². The maximum absolute atomic E-state index is 12.5. The number of ether oxygens (including phenoxy) is 1. The number of carbonyl (C=O) groups is 2. The Balaban J connectivity index is 1.31. The molecule has 1 N–H and O–H groups in total. The fourth-order valence-electron chi connectivity index (χ4n) is 3.65. The van der Waals surface area contributed by atoms with Crippen molar-refractivity contribution in [3.8, 4) is 0 Å². The van der Waals surface area contributed by atoms with Crippen molar-refractivity contribution in [1.29, 1.82) is 0 Å². The summed E-state index contributed by atoms with van der Waals surface area (Å²) in [6.07, 6.45) is 4.76. The average Bonchev–Trinajstić information content (AvgIpc) is 3.42. The topological polar surface area (TPSA) is 93.1 Å². The van der Waals surface area contributed by atoms with Crippen LogP contribution >= 0.6 is 0 Å². The van der Waals surface area contributed by atoms with Crippen LogP contribution in [0.2, 0.25) is 0 Å². The summed E-state index contributed by atoms with van der Waals surface area (Å²) in [4.78, 5) is 36.3. The summed E-state index contributed by atoms with van der Waals surface area (Å²) in [5.41, 5.74) is 0.203. The number of hydrogen-bond donors (Lipinski definition) is 1. The third-order valence-electron chi connectivity index (χ3n) is 5.10. The van der Waals surface area contributed by atoms with Crippen LogP contribution in [0.5, 0.6) is 0 Å². The van der Waals surface area contributed by atoms with E-state index >= 15 is 0 Å². The van der Waals surface area contributed by atoms with Gasteiger partial charge in [0.05, 0.1) is 12.6 Å². The molecule has 26 heavy (non-hydrogen) atoms. The van der Waals surface area contributed by atoms with Crippen molar-refractivity contribution in [2.24, 2.45) is 5.16 Å². The van der Waals surface area contributed by atoms with E-state index in [2.05, 4.69) is 15.5 Å². The SMILES string of the molecule is O=C(NC[C@H]1CCCO1)C1=NO[C@@]2(CCN(C(=O)c3ccccn3)C2)C1. The normalized spacial score (nSPS) is 27.5. The van der Waals surface area contributed by atoms with Gasteiger partial charge in [-0.2, -0.15) is 0 Å². The van der Waals surface area contributed by atoms with Gasteiger partial charge in [-0.05, 0) is 25.0 Å². The average molecular weight is 358 g/mol. The first kappa shape index (κ1) is 17.0. The van der Waals surface area contributed by atoms with Gasteiger partial charge in [0.25, 0.3) is 11.8 Å². The van der Waals surface area contributed by atoms with Gasteiger partial charge in [-0.3, -0.25) is 14.6 Å². The van der Waals surface area contributed by atoms with Gasteiger partial charge >= 0.3 is 0 Å². The molecular weight excluding hydrogens is 336 g/mol. The Bertz CT molecular complexity index is 717. The minimum absolute atomic E-state index is 0.0915. The van der Waals surface area contributed by atoms with E-state index in [1.165, 1.54) is 0 Å². The van der Waals surface area contributed by atoms with Gasteiger partial charge in [0.15, 0.2) is 5.60 Å². The fourth-order valence-corrected chi connectivity index (χ4v) is 3.65. The van der Waals surface area contributed by atoms with E-state index < -0.39 is 5.60 Å². The zero-order valence-electron chi connectivity index (χ0n) is 14.5. The lowest BCUT2D eigenvalue weighted by molar-refractivity contribution is -0.115. The molecule has 4 heterocycles. The first-order chi connectivity index (χ1) is 12.7. The molecule has 0 bridgehead atoms. The van der Waals surface area contributed by atoms with Crippen molar-refractivity contribution in [3.05, 3.63) is 30.1 Å². The quantitative estimate of drug-likeness (QED) is 0.857. The highest BCUT2D eigenvalue weighted by atomic mass is 16.7. The summed E-state index contributed by atoms with van der Waals surface area (Å²) in [5, 5.41) is 6.86. The molecule has 8 nitrogen and oxygen atoms in total. The minimum Gasteiger partial charge on any atom is -0.386 e. The molecule has 3 aliphatic heterocycles. The molecule has 0 saturated carbocycles. The molecule has 8 heteroatoms. The summed E-state index contributed by atoms with van der Waals surface area (Å²) < 4.78 is 5.51. The van der Waals surface area contributed by atoms with Crippen LogP contribution in [0.4, 0.5) is 0 Å². The third-order valence-corrected chi connectivity index (χ3v) is 5.10. The van der Waals surface area contributed by atoms with Crippen LogP contribution in [0.3, 0.4) is 0 Å². The lowest BCUT2D eigenvalue weighted by Gasteiger charge is -2.21. The maximum Gasteiger partial charge on any atom is 0.272 e. The molecule has 0 radical (unpaired) electrons. The summed E-state index contributed by atoms with van der Waals surface area (Å²) in [5.74, 6) is -0.339. The molecule has 138 valence electrons. The monoisotopic (exact) mass is 358 g/mol. The molecule has 1 spiro atoms. The number of hydrogen-bond acceptors (Lipinski definition) is 6. The van der Waals surface area contributed by atoms with Gasteiger partial charge in [0.2, 0.25) is 0 Å². The number of aromatic nitrogens is 1. The van der Waals surface area contributed by atoms with E-state index in [-0.39, 0.29) is 17.9 Å². The van der Waals surface area contributed by atoms with Crippen LogP contribution in [-0.4, -0.2) is 65.4 Å². The highest BCUT2D eigenvalue weighted by Gasteiger charge is 2.48. The van der Waals surface area contributed by atoms with E-state index in [0.29, 0.717) is 43.9 Å². The van der Waals surface area contributed by atoms with E-state index in [4.69, 9.17) is 9.57 Å². The lowest BCUT2D eigenvalue weighted by atomic mass is 9.96. The van der Waals surface area contributed by atoms with Crippen molar-refractivity contribution in [2.75, 3.05) is 26.2 Å². The summed E-state index contributed by atoms with van der Waals surface area (Å²) in [7, 11) is 0. The number of nitrogens with one attached hydrogen (secondary N) is 1. The van der Waals surface area contributed by atoms with Crippen molar-refractivity contribution >= 4 is 17.5 Å². The van der Waals surface area contributed by atoms with Gasteiger partial charge in [-0.1, -0.05) is 11.2 Å². The first-order valence-electron chi connectivity index (χ1n) is 9.00. The number of likely N-dealkylation sites (tertiary alicyclic amines) is 1. The summed E-state index contributed by atoms with van der Waals surface area (Å²) >= 11 is 0. The van der Waals surface area contributed by atoms with Gasteiger partial charge in [-0.25, -0.2) is 0 Å². The molecule has 2 fully saturated rings. The van der Waals surface area contributed by atoms with Crippen LogP contribution in [0.1, 0.15) is 36.2 Å². The number of oxime groups is 1. The summed E-state index contributed by atoms with van der Waals surface area (Å²) in [6.45, 7) is 2.23. The number of carbonyl (C=O) groups excluding carboxylic acids is 2. The van der Waals surface area contributed by atoms with Gasteiger partial charge < -0.3 is 19.8 Å². The highest BCUT2D eigenvalue weighted by molar-refractivity contribution is 6.39. The Kier molecular flexibility index (Phi) is 4.58. The Hall–Kier alpha value is -2.48. The number of amides is 2. The fraction of sp³-hybridized carbons (Fsp3) is 0.556. The molecule has 3 aliphatic rings. The van der Waals surface area contributed by atoms with Gasteiger partial charge in [-0.15, -0.1) is 0 Å². The number of nitrogens with zero attached hydrogens (tertiary/aromatic N) is 3. The highest BCUT2D eigenvalue weighted by Crippen LogP contribution is 2.34. The smallest absolute Gasteiger partial charge is 0.272 e.